The van der Waals surface area contributed by atoms with Crippen LogP contribution in [0.4, 0.5) is 0 Å². The maximum Gasteiger partial charge on any atom is 0.150 e. The van der Waals surface area contributed by atoms with Crippen LogP contribution in [0.5, 0.6) is 0 Å². The fourth-order valence-electron chi connectivity index (χ4n) is 2.69. The summed E-state index contributed by atoms with van der Waals surface area (Å²) < 4.78 is 0. The van der Waals surface area contributed by atoms with Crippen LogP contribution in [0.1, 0.15) is 96.8 Å². The van der Waals surface area contributed by atoms with Crippen LogP contribution in [0.25, 0.3) is 0 Å². The lowest BCUT2D eigenvalue weighted by atomic mass is 10.0. The highest BCUT2D eigenvalue weighted by Crippen LogP contribution is 2.10. The lowest BCUT2D eigenvalue weighted by Crippen LogP contribution is -2.37. The number of hydrogen-bond donors (Lipinski definition) is 2. The Morgan fingerprint density at radius 2 is 1.30 bits per heavy atom. The summed E-state index contributed by atoms with van der Waals surface area (Å²) in [5.74, 6) is 0.116. The Morgan fingerprint density at radius 1 is 0.826 bits per heavy atom. The Bertz CT molecular complexity index is 289. The van der Waals surface area contributed by atoms with E-state index in [1.54, 1.807) is 0 Å². The minimum Gasteiger partial charge on any atom is -0.328 e. The molecule has 0 rings (SSSR count). The number of allylic oxidation sites excluding steroid dienone is 2. The zero-order valence-corrected chi connectivity index (χ0v) is 15.4. The van der Waals surface area contributed by atoms with Crippen LogP contribution in [0.15, 0.2) is 12.2 Å². The average molecular weight is 325 g/mol. The smallest absolute Gasteiger partial charge is 0.150 e. The monoisotopic (exact) mass is 324 g/mol. The standard InChI is InChI=1S/C20H40N2O/c1-2-3-4-5-6-7-8-9-10-11-12-13-14-15-16-17-20(23)19(22)18-21/h9-10,19H,2-8,11-18,21-22H2,1H3/b10-9-. The largest absolute Gasteiger partial charge is 0.328 e. The summed E-state index contributed by atoms with van der Waals surface area (Å²) in [6, 6.07) is -0.452. The molecule has 3 heteroatoms. The van der Waals surface area contributed by atoms with Gasteiger partial charge in [-0.2, -0.15) is 0 Å². The van der Waals surface area contributed by atoms with Gasteiger partial charge in [-0.1, -0.05) is 70.4 Å². The van der Waals surface area contributed by atoms with Gasteiger partial charge in [0.05, 0.1) is 6.04 Å². The maximum absolute atomic E-state index is 11.5. The molecule has 0 bridgehead atoms. The van der Waals surface area contributed by atoms with Crippen molar-refractivity contribution in [2.24, 2.45) is 11.5 Å². The SMILES string of the molecule is CCCCCCCC/C=C\CCCCCCCC(=O)C(N)CN. The summed E-state index contributed by atoms with van der Waals surface area (Å²) in [5.41, 5.74) is 11.0. The number of carbonyl (C=O) groups excluding carboxylic acids is 1. The lowest BCUT2D eigenvalue weighted by Gasteiger charge is -2.06. The first-order valence-corrected chi connectivity index (χ1v) is 9.85. The van der Waals surface area contributed by atoms with Gasteiger partial charge in [-0.05, 0) is 32.1 Å². The number of nitrogens with two attached hydrogens (primary N) is 2. The third-order valence-corrected chi connectivity index (χ3v) is 4.35. The van der Waals surface area contributed by atoms with Crippen molar-refractivity contribution >= 4 is 5.78 Å². The summed E-state index contributed by atoms with van der Waals surface area (Å²) in [6.07, 6.45) is 21.8. The third kappa shape index (κ3) is 16.0. The summed E-state index contributed by atoms with van der Waals surface area (Å²) in [6.45, 7) is 2.53. The Labute approximate surface area is 144 Å². The van der Waals surface area contributed by atoms with Crippen molar-refractivity contribution in [3.63, 3.8) is 0 Å². The van der Waals surface area contributed by atoms with Crippen LogP contribution in [0.3, 0.4) is 0 Å². The molecule has 0 aliphatic rings. The van der Waals surface area contributed by atoms with Crippen molar-refractivity contribution in [3.8, 4) is 0 Å². The van der Waals surface area contributed by atoms with E-state index in [9.17, 15) is 4.79 Å². The highest BCUT2D eigenvalue weighted by Gasteiger charge is 2.09. The molecule has 0 heterocycles. The van der Waals surface area contributed by atoms with E-state index in [-0.39, 0.29) is 12.3 Å². The predicted molar refractivity (Wildman–Crippen MR) is 101 cm³/mol. The molecule has 136 valence electrons. The van der Waals surface area contributed by atoms with Crippen LogP contribution in [0, 0.1) is 0 Å². The molecule has 1 unspecified atom stereocenters. The van der Waals surface area contributed by atoms with Crippen molar-refractivity contribution in [3.05, 3.63) is 12.2 Å². The van der Waals surface area contributed by atoms with Gasteiger partial charge in [0, 0.05) is 13.0 Å². The van der Waals surface area contributed by atoms with Gasteiger partial charge in [0.25, 0.3) is 0 Å². The zero-order valence-electron chi connectivity index (χ0n) is 15.4. The van der Waals surface area contributed by atoms with Gasteiger partial charge >= 0.3 is 0 Å². The van der Waals surface area contributed by atoms with Gasteiger partial charge in [0.15, 0.2) is 5.78 Å². The van der Waals surface area contributed by atoms with E-state index < -0.39 is 6.04 Å². The van der Waals surface area contributed by atoms with Crippen LogP contribution in [0.2, 0.25) is 0 Å². The number of rotatable bonds is 17. The van der Waals surface area contributed by atoms with E-state index >= 15 is 0 Å². The summed E-state index contributed by atoms with van der Waals surface area (Å²) >= 11 is 0. The van der Waals surface area contributed by atoms with Crippen molar-refractivity contribution in [1.29, 1.82) is 0 Å². The Hall–Kier alpha value is -0.670. The summed E-state index contributed by atoms with van der Waals surface area (Å²) in [5, 5.41) is 0. The molecule has 3 nitrogen and oxygen atoms in total. The van der Waals surface area contributed by atoms with E-state index in [4.69, 9.17) is 11.5 Å². The molecule has 0 aliphatic carbocycles. The predicted octanol–water partition coefficient (Wildman–Crippen LogP) is 4.88. The van der Waals surface area contributed by atoms with Crippen molar-refractivity contribution in [2.45, 2.75) is 103 Å². The molecule has 0 radical (unpaired) electrons. The van der Waals surface area contributed by atoms with Crippen molar-refractivity contribution in [1.82, 2.24) is 0 Å². The molecule has 0 amide bonds. The molecule has 23 heavy (non-hydrogen) atoms. The minimum absolute atomic E-state index is 0.116. The first-order chi connectivity index (χ1) is 11.2. The topological polar surface area (TPSA) is 69.1 Å². The second kappa shape index (κ2) is 17.7. The molecule has 0 saturated carbocycles. The Kier molecular flexibility index (Phi) is 17.2. The Morgan fingerprint density at radius 3 is 1.83 bits per heavy atom. The van der Waals surface area contributed by atoms with Gasteiger partial charge in [-0.3, -0.25) is 4.79 Å². The average Bonchev–Trinajstić information content (AvgIpc) is 2.57. The molecule has 0 aromatic rings. The number of carbonyl (C=O) groups is 1. The number of ketones is 1. The van der Waals surface area contributed by atoms with Crippen LogP contribution in [-0.4, -0.2) is 18.4 Å². The maximum atomic E-state index is 11.5. The molecule has 0 spiro atoms. The minimum atomic E-state index is -0.452. The number of hydrogen-bond acceptors (Lipinski definition) is 3. The van der Waals surface area contributed by atoms with E-state index in [1.165, 1.54) is 70.6 Å². The van der Waals surface area contributed by atoms with E-state index in [1.807, 2.05) is 0 Å². The van der Waals surface area contributed by atoms with E-state index in [0.717, 1.165) is 12.8 Å². The van der Waals surface area contributed by atoms with Crippen molar-refractivity contribution < 1.29 is 4.79 Å². The lowest BCUT2D eigenvalue weighted by molar-refractivity contribution is -0.120. The van der Waals surface area contributed by atoms with Gasteiger partial charge < -0.3 is 11.5 Å². The Balaban J connectivity index is 3.21. The summed E-state index contributed by atoms with van der Waals surface area (Å²) in [7, 11) is 0. The van der Waals surface area contributed by atoms with Gasteiger partial charge in [0.2, 0.25) is 0 Å². The highest BCUT2D eigenvalue weighted by atomic mass is 16.1. The third-order valence-electron chi connectivity index (χ3n) is 4.35. The number of Topliss-reactive ketones (excluding diaryl/α,β-unsaturated/α-hetero) is 1. The molecular formula is C20H40N2O. The van der Waals surface area contributed by atoms with Crippen LogP contribution in [-0.2, 0) is 4.79 Å². The molecule has 0 aromatic carbocycles. The van der Waals surface area contributed by atoms with Gasteiger partial charge in [-0.15, -0.1) is 0 Å². The second-order valence-electron chi connectivity index (χ2n) is 6.64. The summed E-state index contributed by atoms with van der Waals surface area (Å²) in [4.78, 5) is 11.5. The fourth-order valence-corrected chi connectivity index (χ4v) is 2.69. The molecule has 0 saturated heterocycles. The first-order valence-electron chi connectivity index (χ1n) is 9.85. The van der Waals surface area contributed by atoms with Crippen LogP contribution < -0.4 is 11.5 Å². The first kappa shape index (κ1) is 22.3. The quantitative estimate of drug-likeness (QED) is 0.296. The molecule has 0 fully saturated rings. The highest BCUT2D eigenvalue weighted by molar-refractivity contribution is 5.83. The van der Waals surface area contributed by atoms with Crippen LogP contribution >= 0.6 is 0 Å². The second-order valence-corrected chi connectivity index (χ2v) is 6.64. The normalized spacial score (nSPS) is 12.8. The number of unbranched alkanes of at least 4 members (excludes halogenated alkanes) is 11. The molecule has 0 aromatic heterocycles. The molecule has 0 aliphatic heterocycles. The van der Waals surface area contributed by atoms with Gasteiger partial charge in [-0.25, -0.2) is 0 Å². The van der Waals surface area contributed by atoms with Crippen molar-refractivity contribution in [2.75, 3.05) is 6.54 Å². The fraction of sp³-hybridized carbons (Fsp3) is 0.850. The van der Waals surface area contributed by atoms with E-state index in [2.05, 4.69) is 19.1 Å². The molecular weight excluding hydrogens is 284 g/mol. The molecule has 4 N–H and O–H groups in total. The van der Waals surface area contributed by atoms with E-state index in [0.29, 0.717) is 6.42 Å². The van der Waals surface area contributed by atoms with Gasteiger partial charge in [0.1, 0.15) is 0 Å². The molecule has 1 atom stereocenters. The zero-order chi connectivity index (χ0) is 17.2.